The van der Waals surface area contributed by atoms with Crippen molar-refractivity contribution in [1.82, 2.24) is 9.21 Å². The zero-order valence-corrected chi connectivity index (χ0v) is 18.0. The van der Waals surface area contributed by atoms with Crippen molar-refractivity contribution in [3.05, 3.63) is 51.7 Å². The summed E-state index contributed by atoms with van der Waals surface area (Å²) in [7, 11) is -3.61. The highest BCUT2D eigenvalue weighted by Gasteiger charge is 2.34. The summed E-state index contributed by atoms with van der Waals surface area (Å²) in [5.74, 6) is -0.0769. The van der Waals surface area contributed by atoms with Gasteiger partial charge < -0.3 is 4.90 Å². The van der Waals surface area contributed by atoms with Crippen molar-refractivity contribution >= 4 is 33.1 Å². The highest BCUT2D eigenvalue weighted by atomic mass is 32.2. The number of hydrogen-bond donors (Lipinski definition) is 0. The third-order valence-corrected chi connectivity index (χ3v) is 8.76. The summed E-state index contributed by atoms with van der Waals surface area (Å²) in [4.78, 5) is 27.8. The maximum absolute atomic E-state index is 12.9. The van der Waals surface area contributed by atoms with E-state index in [1.807, 2.05) is 4.90 Å². The fourth-order valence-corrected chi connectivity index (χ4v) is 6.41. The second-order valence-electron chi connectivity index (χ2n) is 7.64. The summed E-state index contributed by atoms with van der Waals surface area (Å²) in [6.07, 6.45) is 1.98. The van der Waals surface area contributed by atoms with Gasteiger partial charge in [0.05, 0.1) is 4.90 Å². The van der Waals surface area contributed by atoms with Crippen LogP contribution in [0.3, 0.4) is 0 Å². The molecule has 0 radical (unpaired) electrons. The van der Waals surface area contributed by atoms with Crippen LogP contribution in [0.1, 0.15) is 40.6 Å². The van der Waals surface area contributed by atoms with Crippen molar-refractivity contribution in [3.63, 3.8) is 0 Å². The molecule has 0 aliphatic carbocycles. The van der Waals surface area contributed by atoms with Crippen LogP contribution in [-0.2, 0) is 27.8 Å². The lowest BCUT2D eigenvalue weighted by atomic mass is 9.95. The Bertz CT molecular complexity index is 1020. The molecule has 0 bridgehead atoms. The molecule has 1 fully saturated rings. The van der Waals surface area contributed by atoms with Gasteiger partial charge >= 0.3 is 0 Å². The van der Waals surface area contributed by atoms with Gasteiger partial charge in [-0.15, -0.1) is 11.3 Å². The molecule has 1 saturated heterocycles. The predicted molar refractivity (Wildman–Crippen MR) is 111 cm³/mol. The van der Waals surface area contributed by atoms with Crippen molar-refractivity contribution in [2.45, 2.75) is 37.6 Å². The van der Waals surface area contributed by atoms with E-state index in [1.54, 1.807) is 23.5 Å². The van der Waals surface area contributed by atoms with Gasteiger partial charge in [0.15, 0.2) is 5.78 Å². The van der Waals surface area contributed by atoms with Gasteiger partial charge in [-0.1, -0.05) is 12.1 Å². The average Bonchev–Trinajstić information content (AvgIpc) is 3.21. The largest absolute Gasteiger partial charge is 0.338 e. The minimum Gasteiger partial charge on any atom is -0.338 e. The van der Waals surface area contributed by atoms with E-state index < -0.39 is 10.0 Å². The lowest BCUT2D eigenvalue weighted by Crippen LogP contribution is -2.45. The van der Waals surface area contributed by atoms with Crippen LogP contribution in [0, 0.1) is 5.92 Å². The van der Waals surface area contributed by atoms with Crippen LogP contribution in [0.15, 0.2) is 40.6 Å². The molecule has 3 heterocycles. The van der Waals surface area contributed by atoms with E-state index in [0.29, 0.717) is 38.0 Å². The van der Waals surface area contributed by atoms with Crippen LogP contribution in [0.25, 0.3) is 0 Å². The molecule has 6 nitrogen and oxygen atoms in total. The summed E-state index contributed by atoms with van der Waals surface area (Å²) in [6.45, 7) is 3.54. The first-order chi connectivity index (χ1) is 13.9. The lowest BCUT2D eigenvalue weighted by molar-refractivity contribution is -0.137. The molecule has 2 aromatic rings. The van der Waals surface area contributed by atoms with E-state index in [-0.39, 0.29) is 22.5 Å². The first kappa shape index (κ1) is 20.3. The van der Waals surface area contributed by atoms with Gasteiger partial charge in [-0.05, 0) is 55.3 Å². The van der Waals surface area contributed by atoms with Gasteiger partial charge in [-0.2, -0.15) is 4.31 Å². The topological polar surface area (TPSA) is 74.8 Å². The molecule has 0 atom stereocenters. The zero-order valence-electron chi connectivity index (χ0n) is 16.3. The Hall–Kier alpha value is -2.03. The van der Waals surface area contributed by atoms with Crippen molar-refractivity contribution in [3.8, 4) is 0 Å². The number of thiophene rings is 1. The van der Waals surface area contributed by atoms with Crippen LogP contribution < -0.4 is 0 Å². The zero-order chi connectivity index (χ0) is 20.6. The van der Waals surface area contributed by atoms with Gasteiger partial charge in [0.2, 0.25) is 15.9 Å². The van der Waals surface area contributed by atoms with Crippen LogP contribution in [-0.4, -0.2) is 48.9 Å². The molecule has 0 saturated carbocycles. The molecule has 8 heteroatoms. The maximum atomic E-state index is 12.9. The molecular formula is C21H24N2O4S2. The fraction of sp³-hybridized carbons (Fsp3) is 0.429. The molecule has 0 unspecified atom stereocenters. The molecule has 29 heavy (non-hydrogen) atoms. The molecule has 1 amide bonds. The predicted octanol–water partition coefficient (Wildman–Crippen LogP) is 2.94. The Labute approximate surface area is 175 Å². The number of ketones is 1. The lowest BCUT2D eigenvalue weighted by Gasteiger charge is -2.35. The van der Waals surface area contributed by atoms with Gasteiger partial charge in [-0.3, -0.25) is 9.59 Å². The summed E-state index contributed by atoms with van der Waals surface area (Å²) in [5.41, 5.74) is 1.73. The van der Waals surface area contributed by atoms with E-state index in [9.17, 15) is 18.0 Å². The Balaban J connectivity index is 1.38. The van der Waals surface area contributed by atoms with E-state index in [0.717, 1.165) is 13.0 Å². The first-order valence-electron chi connectivity index (χ1n) is 9.81. The molecule has 1 aromatic heterocycles. The Morgan fingerprint density at radius 2 is 1.72 bits per heavy atom. The monoisotopic (exact) mass is 432 g/mol. The van der Waals surface area contributed by atoms with Crippen LogP contribution >= 0.6 is 11.3 Å². The Morgan fingerprint density at radius 1 is 1.03 bits per heavy atom. The van der Waals surface area contributed by atoms with E-state index in [2.05, 4.69) is 11.4 Å². The number of carbonyl (C=O) groups is 2. The normalized spacial score (nSPS) is 18.4. The van der Waals surface area contributed by atoms with Crippen molar-refractivity contribution < 1.29 is 18.0 Å². The third-order valence-electron chi connectivity index (χ3n) is 5.82. The van der Waals surface area contributed by atoms with E-state index >= 15 is 0 Å². The minimum absolute atomic E-state index is 0.0967. The molecule has 2 aliphatic heterocycles. The number of benzene rings is 1. The molecule has 1 aromatic carbocycles. The number of piperidine rings is 1. The van der Waals surface area contributed by atoms with Crippen LogP contribution in [0.5, 0.6) is 0 Å². The second kappa shape index (κ2) is 8.01. The quantitative estimate of drug-likeness (QED) is 0.696. The van der Waals surface area contributed by atoms with Gasteiger partial charge in [-0.25, -0.2) is 8.42 Å². The van der Waals surface area contributed by atoms with Crippen molar-refractivity contribution in [2.24, 2.45) is 5.92 Å². The summed E-state index contributed by atoms with van der Waals surface area (Å²) in [5, 5.41) is 2.07. The summed E-state index contributed by atoms with van der Waals surface area (Å²) in [6, 6.07) is 8.14. The fourth-order valence-electron chi connectivity index (χ4n) is 4.05. The van der Waals surface area contributed by atoms with Gasteiger partial charge in [0.25, 0.3) is 0 Å². The smallest absolute Gasteiger partial charge is 0.243 e. The van der Waals surface area contributed by atoms with E-state index in [4.69, 9.17) is 0 Å². The highest BCUT2D eigenvalue weighted by Crippen LogP contribution is 2.29. The molecule has 0 spiro atoms. The molecular weight excluding hydrogens is 408 g/mol. The van der Waals surface area contributed by atoms with Crippen molar-refractivity contribution in [2.75, 3.05) is 19.6 Å². The van der Waals surface area contributed by atoms with Crippen molar-refractivity contribution in [1.29, 1.82) is 0 Å². The number of fused-ring (bicyclic) bond motifs is 1. The number of nitrogens with zero attached hydrogens (tertiary/aromatic N) is 2. The van der Waals surface area contributed by atoms with Crippen LogP contribution in [0.4, 0.5) is 0 Å². The number of rotatable bonds is 4. The second-order valence-corrected chi connectivity index (χ2v) is 10.6. The molecule has 4 rings (SSSR count). The third kappa shape index (κ3) is 4.01. The average molecular weight is 433 g/mol. The molecule has 154 valence electrons. The molecule has 0 N–H and O–H groups in total. The number of amides is 1. The standard InChI is InChI=1S/C21H24N2O4S2/c1-15(24)16-2-4-19(5-3-16)29(26,27)23-11-6-17(7-12-23)21(25)22-10-8-20-18(14-22)9-13-28-20/h2-5,9,13,17H,6-8,10-12,14H2,1H3. The Kier molecular flexibility index (Phi) is 5.59. The van der Waals surface area contributed by atoms with Gasteiger partial charge in [0, 0.05) is 42.5 Å². The number of hydrogen-bond acceptors (Lipinski definition) is 5. The SMILES string of the molecule is CC(=O)c1ccc(S(=O)(=O)N2CCC(C(=O)N3CCc4sccc4C3)CC2)cc1. The van der Waals surface area contributed by atoms with Gasteiger partial charge in [0.1, 0.15) is 0 Å². The minimum atomic E-state index is -3.61. The summed E-state index contributed by atoms with van der Waals surface area (Å²) >= 11 is 1.75. The number of Topliss-reactive ketones (excluding diaryl/α,β-unsaturated/α-hetero) is 1. The Morgan fingerprint density at radius 3 is 2.38 bits per heavy atom. The maximum Gasteiger partial charge on any atom is 0.243 e. The highest BCUT2D eigenvalue weighted by molar-refractivity contribution is 7.89. The number of carbonyl (C=O) groups excluding carboxylic acids is 2. The van der Waals surface area contributed by atoms with Crippen LogP contribution in [0.2, 0.25) is 0 Å². The summed E-state index contributed by atoms with van der Waals surface area (Å²) < 4.78 is 27.3. The number of sulfonamides is 1. The first-order valence-corrected chi connectivity index (χ1v) is 12.1. The molecule has 2 aliphatic rings. The van der Waals surface area contributed by atoms with E-state index in [1.165, 1.54) is 33.8 Å².